The lowest BCUT2D eigenvalue weighted by Crippen LogP contribution is -2.27. The number of nitrogens with one attached hydrogen (secondary N) is 1. The minimum absolute atomic E-state index is 0.482. The number of rotatable bonds is 3. The Hall–Kier alpha value is -1.86. The van der Waals surface area contributed by atoms with E-state index in [1.165, 1.54) is 11.3 Å². The van der Waals surface area contributed by atoms with E-state index in [2.05, 4.69) is 0 Å². The molecule has 1 atom stereocenters. The van der Waals surface area contributed by atoms with Crippen LogP contribution in [0.15, 0.2) is 29.6 Å². The molecule has 1 amide bonds. The number of thiophene rings is 1. The second kappa shape index (κ2) is 5.41. The zero-order chi connectivity index (χ0) is 14.0. The summed E-state index contributed by atoms with van der Waals surface area (Å²) in [5.41, 5.74) is 4.93. The molecule has 1 aromatic heterocycles. The molecule has 1 unspecified atom stereocenters. The van der Waals surface area contributed by atoms with Gasteiger partial charge in [0, 0.05) is 17.0 Å². The third-order valence-electron chi connectivity index (χ3n) is 2.39. The van der Waals surface area contributed by atoms with E-state index in [9.17, 15) is 18.0 Å². The Morgan fingerprint density at radius 3 is 2.42 bits per heavy atom. The molecule has 0 fully saturated rings. The van der Waals surface area contributed by atoms with E-state index >= 15 is 0 Å². The van der Waals surface area contributed by atoms with Crippen LogP contribution in [0.25, 0.3) is 0 Å². The van der Waals surface area contributed by atoms with Crippen LogP contribution in [0, 0.1) is 17.5 Å². The van der Waals surface area contributed by atoms with Crippen molar-refractivity contribution in [1.29, 1.82) is 0 Å². The number of hydrogen-bond acceptors (Lipinski definition) is 3. The summed E-state index contributed by atoms with van der Waals surface area (Å²) in [5, 5.41) is 3.74. The molecule has 0 bridgehead atoms. The van der Waals surface area contributed by atoms with Crippen molar-refractivity contribution in [2.45, 2.75) is 6.04 Å². The van der Waals surface area contributed by atoms with E-state index in [4.69, 9.17) is 5.73 Å². The molecule has 19 heavy (non-hydrogen) atoms. The third kappa shape index (κ3) is 2.94. The summed E-state index contributed by atoms with van der Waals surface area (Å²) in [6, 6.07) is 3.26. The molecule has 2 aromatic rings. The molecule has 7 heteroatoms. The number of carbonyl (C=O) groups excluding carboxylic acids is 1. The van der Waals surface area contributed by atoms with Gasteiger partial charge in [-0.25, -0.2) is 13.2 Å². The van der Waals surface area contributed by atoms with Crippen LogP contribution < -0.4 is 11.1 Å². The minimum Gasteiger partial charge on any atom is -0.319 e. The van der Waals surface area contributed by atoms with Gasteiger partial charge >= 0.3 is 0 Å². The first kappa shape index (κ1) is 13.6. The number of anilines is 1. The van der Waals surface area contributed by atoms with Gasteiger partial charge < -0.3 is 11.1 Å². The first-order valence-corrected chi connectivity index (χ1v) is 6.11. The van der Waals surface area contributed by atoms with Gasteiger partial charge in [0.2, 0.25) is 5.91 Å². The molecular weight excluding hydrogens is 277 g/mol. The van der Waals surface area contributed by atoms with Crippen LogP contribution in [0.3, 0.4) is 0 Å². The van der Waals surface area contributed by atoms with Gasteiger partial charge in [-0.15, -0.1) is 11.3 Å². The van der Waals surface area contributed by atoms with E-state index in [-0.39, 0.29) is 0 Å². The fourth-order valence-corrected chi connectivity index (χ4v) is 2.19. The average Bonchev–Trinajstić information content (AvgIpc) is 2.86. The lowest BCUT2D eigenvalue weighted by Gasteiger charge is -2.12. The Morgan fingerprint density at radius 2 is 1.89 bits per heavy atom. The van der Waals surface area contributed by atoms with Gasteiger partial charge in [-0.2, -0.15) is 0 Å². The Bertz CT molecular complexity index is 578. The van der Waals surface area contributed by atoms with Crippen molar-refractivity contribution < 1.29 is 18.0 Å². The van der Waals surface area contributed by atoms with E-state index in [1.807, 2.05) is 5.32 Å². The summed E-state index contributed by atoms with van der Waals surface area (Å²) in [7, 11) is 0. The van der Waals surface area contributed by atoms with Gasteiger partial charge in [0.25, 0.3) is 0 Å². The molecule has 1 aromatic carbocycles. The summed E-state index contributed by atoms with van der Waals surface area (Å²) < 4.78 is 39.4. The molecule has 100 valence electrons. The topological polar surface area (TPSA) is 55.1 Å². The standard InChI is InChI=1S/C12H9F3N2OS/c13-6-4-7(14)11(8(15)5-6)17-12(18)10(16)9-2-1-3-19-9/h1-5,10H,16H2,(H,17,18). The second-order valence-electron chi connectivity index (χ2n) is 3.73. The molecule has 3 N–H and O–H groups in total. The fraction of sp³-hybridized carbons (Fsp3) is 0.0833. The highest BCUT2D eigenvalue weighted by atomic mass is 32.1. The maximum atomic E-state index is 13.3. The molecule has 2 rings (SSSR count). The maximum absolute atomic E-state index is 13.3. The third-order valence-corrected chi connectivity index (χ3v) is 3.34. The maximum Gasteiger partial charge on any atom is 0.246 e. The smallest absolute Gasteiger partial charge is 0.246 e. The van der Waals surface area contributed by atoms with Crippen molar-refractivity contribution >= 4 is 22.9 Å². The average molecular weight is 286 g/mol. The van der Waals surface area contributed by atoms with E-state index < -0.39 is 35.1 Å². The zero-order valence-electron chi connectivity index (χ0n) is 9.49. The minimum atomic E-state index is -1.19. The second-order valence-corrected chi connectivity index (χ2v) is 4.71. The number of amides is 1. The van der Waals surface area contributed by atoms with Crippen LogP contribution in [0.5, 0.6) is 0 Å². The monoisotopic (exact) mass is 286 g/mol. The number of halogens is 3. The Morgan fingerprint density at radius 1 is 1.26 bits per heavy atom. The van der Waals surface area contributed by atoms with Crippen LogP contribution in [0.2, 0.25) is 0 Å². The number of hydrogen-bond donors (Lipinski definition) is 2. The van der Waals surface area contributed by atoms with Crippen LogP contribution in [-0.2, 0) is 4.79 Å². The van der Waals surface area contributed by atoms with Crippen molar-refractivity contribution in [3.63, 3.8) is 0 Å². The Labute approximate surface area is 110 Å². The Kier molecular flexibility index (Phi) is 3.87. The van der Waals surface area contributed by atoms with Crippen molar-refractivity contribution in [3.05, 3.63) is 52.0 Å². The molecule has 0 saturated heterocycles. The van der Waals surface area contributed by atoms with Gasteiger partial charge in [0.05, 0.1) is 0 Å². The first-order valence-electron chi connectivity index (χ1n) is 5.23. The molecule has 3 nitrogen and oxygen atoms in total. The van der Waals surface area contributed by atoms with Crippen LogP contribution in [-0.4, -0.2) is 5.91 Å². The predicted octanol–water partition coefficient (Wildman–Crippen LogP) is 2.80. The molecule has 0 aliphatic carbocycles. The van der Waals surface area contributed by atoms with Gasteiger partial charge in [-0.3, -0.25) is 4.79 Å². The van der Waals surface area contributed by atoms with Gasteiger partial charge in [0.1, 0.15) is 17.5 Å². The lowest BCUT2D eigenvalue weighted by molar-refractivity contribution is -0.117. The quantitative estimate of drug-likeness (QED) is 0.911. The van der Waals surface area contributed by atoms with Crippen molar-refractivity contribution in [3.8, 4) is 0 Å². The van der Waals surface area contributed by atoms with Gasteiger partial charge in [-0.1, -0.05) is 6.07 Å². The van der Waals surface area contributed by atoms with Crippen molar-refractivity contribution in [2.75, 3.05) is 5.32 Å². The summed E-state index contributed by atoms with van der Waals surface area (Å²) in [6.45, 7) is 0. The van der Waals surface area contributed by atoms with Crippen molar-refractivity contribution in [1.82, 2.24) is 0 Å². The number of nitrogens with two attached hydrogens (primary N) is 1. The van der Waals surface area contributed by atoms with Crippen LogP contribution in [0.4, 0.5) is 18.9 Å². The largest absolute Gasteiger partial charge is 0.319 e. The molecule has 0 radical (unpaired) electrons. The highest BCUT2D eigenvalue weighted by Gasteiger charge is 2.20. The highest BCUT2D eigenvalue weighted by Crippen LogP contribution is 2.23. The molecule has 1 heterocycles. The molecule has 0 aliphatic rings. The van der Waals surface area contributed by atoms with Gasteiger partial charge in [-0.05, 0) is 11.4 Å². The SMILES string of the molecule is NC(C(=O)Nc1c(F)cc(F)cc1F)c1cccs1. The van der Waals surface area contributed by atoms with E-state index in [0.717, 1.165) is 0 Å². The van der Waals surface area contributed by atoms with Crippen LogP contribution >= 0.6 is 11.3 Å². The van der Waals surface area contributed by atoms with Gasteiger partial charge in [0.15, 0.2) is 11.6 Å². The fourth-order valence-electron chi connectivity index (χ4n) is 1.46. The number of carbonyl (C=O) groups is 1. The number of benzene rings is 1. The molecule has 0 saturated carbocycles. The molecular formula is C12H9F3N2OS. The molecule has 0 spiro atoms. The zero-order valence-corrected chi connectivity index (χ0v) is 10.3. The van der Waals surface area contributed by atoms with Crippen molar-refractivity contribution in [2.24, 2.45) is 5.73 Å². The highest BCUT2D eigenvalue weighted by molar-refractivity contribution is 7.10. The summed E-state index contributed by atoms with van der Waals surface area (Å²) in [6.07, 6.45) is 0. The van der Waals surface area contributed by atoms with E-state index in [1.54, 1.807) is 17.5 Å². The van der Waals surface area contributed by atoms with E-state index in [0.29, 0.717) is 17.0 Å². The predicted molar refractivity (Wildman–Crippen MR) is 66.2 cm³/mol. The summed E-state index contributed by atoms with van der Waals surface area (Å²) >= 11 is 1.25. The summed E-state index contributed by atoms with van der Waals surface area (Å²) in [5.74, 6) is -4.21. The molecule has 0 aliphatic heterocycles. The van der Waals surface area contributed by atoms with Crippen LogP contribution in [0.1, 0.15) is 10.9 Å². The first-order chi connectivity index (χ1) is 8.99. The summed E-state index contributed by atoms with van der Waals surface area (Å²) in [4.78, 5) is 12.3. The normalized spacial score (nSPS) is 12.2. The Balaban J connectivity index is 2.20. The lowest BCUT2D eigenvalue weighted by atomic mass is 10.2.